The molecule has 3 N–H and O–H groups in total. The van der Waals surface area contributed by atoms with E-state index < -0.39 is 26.5 Å². The highest BCUT2D eigenvalue weighted by molar-refractivity contribution is 7.47. The smallest absolute Gasteiger partial charge is 0.462 e. The Bertz CT molecular complexity index is 840. The molecule has 0 aromatic carbocycles. The molecule has 0 saturated heterocycles. The number of nitrogens with two attached hydrogens (primary N) is 1. The van der Waals surface area contributed by atoms with Gasteiger partial charge in [0.05, 0.1) is 13.2 Å². The lowest BCUT2D eigenvalue weighted by atomic mass is 10.0. The van der Waals surface area contributed by atoms with E-state index in [4.69, 9.17) is 24.3 Å². The van der Waals surface area contributed by atoms with Crippen LogP contribution in [0.1, 0.15) is 200 Å². The SMILES string of the molecule is CCCCC/C=C\CCCCCCCC(=O)OC[C@H](COP(=O)(O)OCCN)OC(=O)CCCCCCCCCCCCCCCCCCC. The second kappa shape index (κ2) is 37.5. The van der Waals surface area contributed by atoms with Crippen LogP contribution >= 0.6 is 7.82 Å². The van der Waals surface area contributed by atoms with Gasteiger partial charge in [-0.25, -0.2) is 4.57 Å². The van der Waals surface area contributed by atoms with Gasteiger partial charge in [0.25, 0.3) is 0 Å². The van der Waals surface area contributed by atoms with E-state index in [0.29, 0.717) is 6.42 Å². The highest BCUT2D eigenvalue weighted by Gasteiger charge is 2.26. The summed E-state index contributed by atoms with van der Waals surface area (Å²) in [4.78, 5) is 34.8. The summed E-state index contributed by atoms with van der Waals surface area (Å²) >= 11 is 0. The monoisotopic (exact) mass is 732 g/mol. The van der Waals surface area contributed by atoms with Gasteiger partial charge in [-0.05, 0) is 38.5 Å². The quantitative estimate of drug-likeness (QED) is 0.0274. The van der Waals surface area contributed by atoms with Crippen LogP contribution in [0.25, 0.3) is 0 Å². The van der Waals surface area contributed by atoms with E-state index in [2.05, 4.69) is 26.0 Å². The largest absolute Gasteiger partial charge is 0.472 e. The van der Waals surface area contributed by atoms with Crippen molar-refractivity contribution in [3.05, 3.63) is 12.2 Å². The van der Waals surface area contributed by atoms with Crippen LogP contribution in [0.4, 0.5) is 0 Å². The van der Waals surface area contributed by atoms with Gasteiger partial charge >= 0.3 is 19.8 Å². The maximum atomic E-state index is 12.6. The van der Waals surface area contributed by atoms with Gasteiger partial charge in [0.1, 0.15) is 6.61 Å². The molecule has 0 aliphatic heterocycles. The molecule has 0 bridgehead atoms. The third-order valence-corrected chi connectivity index (χ3v) is 9.89. The summed E-state index contributed by atoms with van der Waals surface area (Å²) in [6, 6.07) is 0. The van der Waals surface area contributed by atoms with Crippen molar-refractivity contribution in [2.24, 2.45) is 5.73 Å². The van der Waals surface area contributed by atoms with Gasteiger partial charge in [-0.3, -0.25) is 18.6 Å². The Morgan fingerprint density at radius 1 is 0.580 bits per heavy atom. The minimum atomic E-state index is -4.37. The second-order valence-electron chi connectivity index (χ2n) is 13.9. The number of phosphoric acid groups is 1. The van der Waals surface area contributed by atoms with Crippen LogP contribution in [0.5, 0.6) is 0 Å². The number of allylic oxidation sites excluding steroid dienone is 2. The topological polar surface area (TPSA) is 134 Å². The first-order valence-electron chi connectivity index (χ1n) is 20.7. The molecule has 0 amide bonds. The Morgan fingerprint density at radius 3 is 1.46 bits per heavy atom. The molecular formula is C40H78NO8P. The fourth-order valence-electron chi connectivity index (χ4n) is 5.81. The molecule has 0 spiro atoms. The lowest BCUT2D eigenvalue weighted by Gasteiger charge is -2.19. The Morgan fingerprint density at radius 2 is 0.980 bits per heavy atom. The molecule has 0 aromatic rings. The Hall–Kier alpha value is -1.25. The number of unbranched alkanes of at least 4 members (excludes halogenated alkanes) is 24. The van der Waals surface area contributed by atoms with E-state index in [-0.39, 0.29) is 38.6 Å². The molecule has 0 aromatic heterocycles. The van der Waals surface area contributed by atoms with Crippen LogP contribution in [0.15, 0.2) is 12.2 Å². The minimum absolute atomic E-state index is 0.0550. The van der Waals surface area contributed by atoms with E-state index >= 15 is 0 Å². The van der Waals surface area contributed by atoms with Crippen molar-refractivity contribution in [3.8, 4) is 0 Å². The van der Waals surface area contributed by atoms with Crippen LogP contribution in [-0.4, -0.2) is 49.3 Å². The fourth-order valence-corrected chi connectivity index (χ4v) is 6.57. The summed E-state index contributed by atoms with van der Waals surface area (Å²) < 4.78 is 32.7. The third kappa shape index (κ3) is 36.5. The molecule has 0 aliphatic rings. The number of rotatable bonds is 39. The van der Waals surface area contributed by atoms with Crippen molar-refractivity contribution in [1.82, 2.24) is 0 Å². The number of hydrogen-bond donors (Lipinski definition) is 2. The minimum Gasteiger partial charge on any atom is -0.462 e. The molecular weight excluding hydrogens is 653 g/mol. The third-order valence-electron chi connectivity index (χ3n) is 8.90. The van der Waals surface area contributed by atoms with Crippen molar-refractivity contribution in [3.63, 3.8) is 0 Å². The molecule has 10 heteroatoms. The fraction of sp³-hybridized carbons (Fsp3) is 0.900. The highest BCUT2D eigenvalue weighted by Crippen LogP contribution is 2.43. The van der Waals surface area contributed by atoms with E-state index in [1.54, 1.807) is 0 Å². The molecule has 0 heterocycles. The summed E-state index contributed by atoms with van der Waals surface area (Å²) in [5.41, 5.74) is 5.34. The first kappa shape index (κ1) is 48.8. The van der Waals surface area contributed by atoms with Gasteiger partial charge in [0.2, 0.25) is 0 Å². The molecule has 296 valence electrons. The number of esters is 2. The van der Waals surface area contributed by atoms with Gasteiger partial charge in [-0.2, -0.15) is 0 Å². The van der Waals surface area contributed by atoms with Crippen molar-refractivity contribution in [2.75, 3.05) is 26.4 Å². The zero-order valence-corrected chi connectivity index (χ0v) is 33.3. The summed E-state index contributed by atoms with van der Waals surface area (Å²) in [5, 5.41) is 0. The summed E-state index contributed by atoms with van der Waals surface area (Å²) in [7, 11) is -4.37. The predicted octanol–water partition coefficient (Wildman–Crippen LogP) is 11.4. The van der Waals surface area contributed by atoms with Crippen molar-refractivity contribution in [1.29, 1.82) is 0 Å². The van der Waals surface area contributed by atoms with Gasteiger partial charge in [0, 0.05) is 19.4 Å². The summed E-state index contributed by atoms with van der Waals surface area (Å²) in [6.07, 6.45) is 36.7. The van der Waals surface area contributed by atoms with E-state index in [9.17, 15) is 19.0 Å². The number of ether oxygens (including phenoxy) is 2. The molecule has 9 nitrogen and oxygen atoms in total. The number of phosphoric ester groups is 1. The van der Waals surface area contributed by atoms with Crippen molar-refractivity contribution < 1.29 is 37.6 Å². The first-order valence-corrected chi connectivity index (χ1v) is 22.2. The van der Waals surface area contributed by atoms with E-state index in [1.165, 1.54) is 116 Å². The van der Waals surface area contributed by atoms with Gasteiger partial charge in [-0.1, -0.05) is 161 Å². The second-order valence-corrected chi connectivity index (χ2v) is 15.3. The molecule has 0 aliphatic carbocycles. The summed E-state index contributed by atoms with van der Waals surface area (Å²) in [5.74, 6) is -0.831. The standard InChI is InChI=1S/C40H78NO8P/c1-3-5-7-9-11-13-15-17-18-19-20-21-23-25-27-29-31-33-40(43)49-38(37-48-50(44,45)47-35-34-41)36-46-39(42)32-30-28-26-24-22-16-14-12-10-8-6-4-2/h12,14,38H,3-11,13,15-37,41H2,1-2H3,(H,44,45)/b14-12-/t38-/m1/s1. The van der Waals surface area contributed by atoms with Gasteiger partial charge < -0.3 is 20.1 Å². The van der Waals surface area contributed by atoms with Crippen LogP contribution in [0, 0.1) is 0 Å². The molecule has 0 saturated carbocycles. The molecule has 50 heavy (non-hydrogen) atoms. The maximum absolute atomic E-state index is 12.6. The normalized spacial score (nSPS) is 13.4. The molecule has 2 atom stereocenters. The van der Waals surface area contributed by atoms with Crippen LogP contribution in [0.2, 0.25) is 0 Å². The number of carbonyl (C=O) groups is 2. The Kier molecular flexibility index (Phi) is 36.6. The van der Waals surface area contributed by atoms with Crippen LogP contribution < -0.4 is 5.73 Å². The zero-order chi connectivity index (χ0) is 36.8. The van der Waals surface area contributed by atoms with Crippen molar-refractivity contribution in [2.45, 2.75) is 206 Å². The first-order chi connectivity index (χ1) is 24.3. The lowest BCUT2D eigenvalue weighted by Crippen LogP contribution is -2.29. The number of hydrogen-bond acceptors (Lipinski definition) is 8. The van der Waals surface area contributed by atoms with Crippen LogP contribution in [0.3, 0.4) is 0 Å². The predicted molar refractivity (Wildman–Crippen MR) is 206 cm³/mol. The highest BCUT2D eigenvalue weighted by atomic mass is 31.2. The maximum Gasteiger partial charge on any atom is 0.472 e. The molecule has 0 rings (SSSR count). The van der Waals surface area contributed by atoms with E-state index in [0.717, 1.165) is 51.4 Å². The van der Waals surface area contributed by atoms with Gasteiger partial charge in [0.15, 0.2) is 6.10 Å². The molecule has 0 radical (unpaired) electrons. The zero-order valence-electron chi connectivity index (χ0n) is 32.4. The molecule has 1 unspecified atom stereocenters. The number of carbonyl (C=O) groups excluding carboxylic acids is 2. The Balaban J connectivity index is 4.14. The van der Waals surface area contributed by atoms with Crippen molar-refractivity contribution >= 4 is 19.8 Å². The lowest BCUT2D eigenvalue weighted by molar-refractivity contribution is -0.161. The van der Waals surface area contributed by atoms with Gasteiger partial charge in [-0.15, -0.1) is 0 Å². The van der Waals surface area contributed by atoms with Crippen LogP contribution in [-0.2, 0) is 32.7 Å². The summed E-state index contributed by atoms with van der Waals surface area (Å²) in [6.45, 7) is 3.72. The average molecular weight is 732 g/mol. The van der Waals surface area contributed by atoms with E-state index in [1.807, 2.05) is 0 Å². The average Bonchev–Trinajstić information content (AvgIpc) is 3.10. The Labute approximate surface area is 307 Å². The molecule has 0 fully saturated rings.